The summed E-state index contributed by atoms with van der Waals surface area (Å²) in [6.07, 6.45) is 1.56. The van der Waals surface area contributed by atoms with E-state index in [0.717, 1.165) is 5.56 Å². The van der Waals surface area contributed by atoms with Crippen molar-refractivity contribution in [1.29, 1.82) is 0 Å². The molecular weight excluding hydrogens is 305 g/mol. The van der Waals surface area contributed by atoms with E-state index in [1.165, 1.54) is 11.6 Å². The number of nitrogens with zero attached hydrogens (tertiary/aromatic N) is 3. The number of anilines is 2. The van der Waals surface area contributed by atoms with Crippen LogP contribution >= 0.6 is 0 Å². The van der Waals surface area contributed by atoms with E-state index in [-0.39, 0.29) is 5.82 Å². The molecule has 0 spiro atoms. The van der Waals surface area contributed by atoms with Gasteiger partial charge < -0.3 is 10.6 Å². The molecule has 5 nitrogen and oxygen atoms in total. The molecule has 0 amide bonds. The molecule has 24 heavy (non-hydrogen) atoms. The average Bonchev–Trinajstić information content (AvgIpc) is 2.61. The second-order valence-corrected chi connectivity index (χ2v) is 5.45. The molecule has 0 fully saturated rings. The van der Waals surface area contributed by atoms with Gasteiger partial charge in [0.25, 0.3) is 0 Å². The van der Waals surface area contributed by atoms with Gasteiger partial charge in [0.05, 0.1) is 6.20 Å². The fourth-order valence-corrected chi connectivity index (χ4v) is 2.18. The van der Waals surface area contributed by atoms with Crippen molar-refractivity contribution in [3.05, 3.63) is 77.2 Å². The molecule has 0 saturated heterocycles. The third kappa shape index (κ3) is 4.25. The van der Waals surface area contributed by atoms with Gasteiger partial charge in [0.15, 0.2) is 5.82 Å². The third-order valence-electron chi connectivity index (χ3n) is 3.55. The first kappa shape index (κ1) is 15.9. The van der Waals surface area contributed by atoms with Gasteiger partial charge in [-0.05, 0) is 18.6 Å². The average molecular weight is 323 g/mol. The smallest absolute Gasteiger partial charge is 0.244 e. The number of nitrogens with one attached hydrogen (secondary N) is 2. The minimum atomic E-state index is -0.258. The summed E-state index contributed by atoms with van der Waals surface area (Å²) < 4.78 is 13.6. The number of hydrogen-bond acceptors (Lipinski definition) is 5. The first-order valence-electron chi connectivity index (χ1n) is 7.67. The largest absolute Gasteiger partial charge is 0.365 e. The van der Waals surface area contributed by atoms with Crippen LogP contribution in [0.2, 0.25) is 0 Å². The molecule has 3 rings (SSSR count). The zero-order valence-electron chi connectivity index (χ0n) is 13.3. The fourth-order valence-electron chi connectivity index (χ4n) is 2.18. The molecule has 0 bridgehead atoms. The molecule has 0 atom stereocenters. The second kappa shape index (κ2) is 7.50. The molecule has 0 radical (unpaired) electrons. The molecule has 0 unspecified atom stereocenters. The van der Waals surface area contributed by atoms with E-state index in [9.17, 15) is 4.39 Å². The van der Waals surface area contributed by atoms with Crippen molar-refractivity contribution in [2.24, 2.45) is 0 Å². The summed E-state index contributed by atoms with van der Waals surface area (Å²) in [7, 11) is 0. The number of aryl methyl sites for hydroxylation is 1. The Balaban J connectivity index is 1.59. The Hall–Kier alpha value is -3.02. The molecule has 1 heterocycles. The van der Waals surface area contributed by atoms with E-state index in [0.29, 0.717) is 30.4 Å². The normalized spacial score (nSPS) is 10.4. The molecule has 0 saturated carbocycles. The van der Waals surface area contributed by atoms with Crippen molar-refractivity contribution >= 4 is 11.8 Å². The summed E-state index contributed by atoms with van der Waals surface area (Å²) in [6.45, 7) is 3.00. The van der Waals surface area contributed by atoms with Crippen LogP contribution in [0.15, 0.2) is 54.7 Å². The van der Waals surface area contributed by atoms with Crippen molar-refractivity contribution in [1.82, 2.24) is 15.2 Å². The summed E-state index contributed by atoms with van der Waals surface area (Å²) in [5.74, 6) is 0.709. The van der Waals surface area contributed by atoms with Gasteiger partial charge in [0, 0.05) is 18.7 Å². The van der Waals surface area contributed by atoms with Gasteiger partial charge in [-0.15, -0.1) is 5.10 Å². The van der Waals surface area contributed by atoms with E-state index < -0.39 is 0 Å². The molecule has 122 valence electrons. The Morgan fingerprint density at radius 1 is 0.958 bits per heavy atom. The SMILES string of the molecule is Cc1ccc(CNc2cnnc(NCc3ccccc3F)n2)cc1. The van der Waals surface area contributed by atoms with Gasteiger partial charge in [-0.3, -0.25) is 0 Å². The maximum Gasteiger partial charge on any atom is 0.244 e. The summed E-state index contributed by atoms with van der Waals surface area (Å²) in [4.78, 5) is 4.33. The van der Waals surface area contributed by atoms with Crippen LogP contribution in [0.3, 0.4) is 0 Å². The maximum absolute atomic E-state index is 13.6. The summed E-state index contributed by atoms with van der Waals surface area (Å²) >= 11 is 0. The molecule has 6 heteroatoms. The Morgan fingerprint density at radius 3 is 2.54 bits per heavy atom. The van der Waals surface area contributed by atoms with E-state index in [2.05, 4.69) is 57.0 Å². The summed E-state index contributed by atoms with van der Waals surface area (Å²) in [5.41, 5.74) is 2.93. The van der Waals surface area contributed by atoms with Crippen LogP contribution < -0.4 is 10.6 Å². The lowest BCUT2D eigenvalue weighted by Gasteiger charge is -2.08. The lowest BCUT2D eigenvalue weighted by atomic mass is 10.1. The first-order valence-corrected chi connectivity index (χ1v) is 7.67. The topological polar surface area (TPSA) is 62.7 Å². The van der Waals surface area contributed by atoms with Crippen molar-refractivity contribution < 1.29 is 4.39 Å². The van der Waals surface area contributed by atoms with Gasteiger partial charge >= 0.3 is 0 Å². The molecule has 0 aliphatic heterocycles. The predicted molar refractivity (Wildman–Crippen MR) is 92.1 cm³/mol. The van der Waals surface area contributed by atoms with Crippen molar-refractivity contribution in [3.8, 4) is 0 Å². The lowest BCUT2D eigenvalue weighted by molar-refractivity contribution is 0.612. The highest BCUT2D eigenvalue weighted by molar-refractivity contribution is 5.38. The quantitative estimate of drug-likeness (QED) is 0.726. The zero-order chi connectivity index (χ0) is 16.8. The monoisotopic (exact) mass is 323 g/mol. The second-order valence-electron chi connectivity index (χ2n) is 5.45. The van der Waals surface area contributed by atoms with E-state index in [1.54, 1.807) is 24.4 Å². The molecule has 2 aromatic carbocycles. The third-order valence-corrected chi connectivity index (χ3v) is 3.55. The minimum absolute atomic E-state index is 0.258. The van der Waals surface area contributed by atoms with Crippen LogP contribution in [-0.4, -0.2) is 15.2 Å². The van der Waals surface area contributed by atoms with Gasteiger partial charge in [0.2, 0.25) is 5.95 Å². The molecule has 3 aromatic rings. The zero-order valence-corrected chi connectivity index (χ0v) is 13.3. The Labute approximate surface area is 140 Å². The van der Waals surface area contributed by atoms with Crippen LogP contribution in [0, 0.1) is 12.7 Å². The highest BCUT2D eigenvalue weighted by Crippen LogP contribution is 2.11. The number of aromatic nitrogens is 3. The van der Waals surface area contributed by atoms with E-state index in [1.807, 2.05) is 0 Å². The maximum atomic E-state index is 13.6. The summed E-state index contributed by atoms with van der Waals surface area (Å²) in [5, 5.41) is 14.0. The van der Waals surface area contributed by atoms with Gasteiger partial charge in [0.1, 0.15) is 5.82 Å². The molecule has 2 N–H and O–H groups in total. The Kier molecular flexibility index (Phi) is 4.96. The predicted octanol–water partition coefficient (Wildman–Crippen LogP) is 3.54. The van der Waals surface area contributed by atoms with Crippen molar-refractivity contribution in [3.63, 3.8) is 0 Å². The van der Waals surface area contributed by atoms with E-state index >= 15 is 0 Å². The van der Waals surface area contributed by atoms with Gasteiger partial charge in [-0.1, -0.05) is 48.0 Å². The number of rotatable bonds is 6. The number of hydrogen-bond donors (Lipinski definition) is 2. The number of benzene rings is 2. The van der Waals surface area contributed by atoms with Gasteiger partial charge in [-0.25, -0.2) is 4.39 Å². The standard InChI is InChI=1S/C18H18FN5/c1-13-6-8-14(9-7-13)10-20-17-12-22-24-18(23-17)21-11-15-4-2-3-5-16(15)19/h2-9,12H,10-11H2,1H3,(H2,20,21,23,24). The van der Waals surface area contributed by atoms with Crippen molar-refractivity contribution in [2.45, 2.75) is 20.0 Å². The highest BCUT2D eigenvalue weighted by atomic mass is 19.1. The van der Waals surface area contributed by atoms with Crippen molar-refractivity contribution in [2.75, 3.05) is 10.6 Å². The number of halogens is 1. The van der Waals surface area contributed by atoms with Crippen LogP contribution in [0.5, 0.6) is 0 Å². The molecule has 1 aromatic heterocycles. The van der Waals surface area contributed by atoms with Crippen LogP contribution in [0.1, 0.15) is 16.7 Å². The summed E-state index contributed by atoms with van der Waals surface area (Å²) in [6, 6.07) is 14.9. The molecule has 0 aliphatic rings. The van der Waals surface area contributed by atoms with Crippen LogP contribution in [-0.2, 0) is 13.1 Å². The highest BCUT2D eigenvalue weighted by Gasteiger charge is 2.04. The van der Waals surface area contributed by atoms with Crippen LogP contribution in [0.4, 0.5) is 16.2 Å². The van der Waals surface area contributed by atoms with E-state index in [4.69, 9.17) is 0 Å². The molecular formula is C18H18FN5. The first-order chi connectivity index (χ1) is 11.7. The van der Waals surface area contributed by atoms with Crippen LogP contribution in [0.25, 0.3) is 0 Å². The fraction of sp³-hybridized carbons (Fsp3) is 0.167. The minimum Gasteiger partial charge on any atom is -0.365 e. The Bertz CT molecular complexity index is 805. The Morgan fingerprint density at radius 2 is 1.75 bits per heavy atom. The molecule has 0 aliphatic carbocycles. The lowest BCUT2D eigenvalue weighted by Crippen LogP contribution is -2.08. The van der Waals surface area contributed by atoms with Gasteiger partial charge in [-0.2, -0.15) is 10.1 Å².